The maximum atomic E-state index is 11.7. The SMILES string of the molecule is O=C(CCc1cscn1)Nc1ncccc1Br. The van der Waals surface area contributed by atoms with Crippen LogP contribution in [0.1, 0.15) is 12.1 Å². The zero-order valence-electron chi connectivity index (χ0n) is 8.89. The summed E-state index contributed by atoms with van der Waals surface area (Å²) in [7, 11) is 0. The van der Waals surface area contributed by atoms with Crippen LogP contribution in [0, 0.1) is 0 Å². The van der Waals surface area contributed by atoms with Crippen LogP contribution in [0.4, 0.5) is 5.82 Å². The second kappa shape index (κ2) is 5.88. The number of pyridine rings is 1. The van der Waals surface area contributed by atoms with Gasteiger partial charge in [-0.3, -0.25) is 4.79 Å². The summed E-state index contributed by atoms with van der Waals surface area (Å²) < 4.78 is 0.780. The molecule has 2 aromatic heterocycles. The molecule has 0 aliphatic carbocycles. The average molecular weight is 312 g/mol. The van der Waals surface area contributed by atoms with Gasteiger partial charge < -0.3 is 5.32 Å². The van der Waals surface area contributed by atoms with Crippen molar-refractivity contribution in [2.75, 3.05) is 5.32 Å². The Morgan fingerprint density at radius 3 is 3.06 bits per heavy atom. The van der Waals surface area contributed by atoms with E-state index in [1.165, 1.54) is 11.3 Å². The van der Waals surface area contributed by atoms with Crippen molar-refractivity contribution in [3.8, 4) is 0 Å². The number of halogens is 1. The third-order valence-corrected chi connectivity index (χ3v) is 3.38. The molecule has 17 heavy (non-hydrogen) atoms. The van der Waals surface area contributed by atoms with Gasteiger partial charge in [-0.1, -0.05) is 0 Å². The van der Waals surface area contributed by atoms with Gasteiger partial charge in [-0.2, -0.15) is 0 Å². The molecule has 0 spiro atoms. The molecule has 2 rings (SSSR count). The lowest BCUT2D eigenvalue weighted by Crippen LogP contribution is -2.13. The van der Waals surface area contributed by atoms with Crippen molar-refractivity contribution in [2.24, 2.45) is 0 Å². The van der Waals surface area contributed by atoms with Crippen molar-refractivity contribution in [3.63, 3.8) is 0 Å². The predicted molar refractivity (Wildman–Crippen MR) is 71.0 cm³/mol. The Hall–Kier alpha value is -1.27. The normalized spacial score (nSPS) is 10.2. The van der Waals surface area contributed by atoms with Crippen LogP contribution in [0.15, 0.2) is 33.7 Å². The van der Waals surface area contributed by atoms with E-state index in [9.17, 15) is 4.79 Å². The van der Waals surface area contributed by atoms with Gasteiger partial charge in [0.1, 0.15) is 5.82 Å². The number of thiazole rings is 1. The molecular weight excluding hydrogens is 302 g/mol. The first-order valence-corrected chi connectivity index (χ1v) is 6.77. The molecule has 0 atom stereocenters. The van der Waals surface area contributed by atoms with Crippen molar-refractivity contribution in [2.45, 2.75) is 12.8 Å². The molecular formula is C11H10BrN3OS. The number of rotatable bonds is 4. The Labute approximate surface area is 111 Å². The summed E-state index contributed by atoms with van der Waals surface area (Å²) in [6.07, 6.45) is 2.70. The maximum Gasteiger partial charge on any atom is 0.225 e. The van der Waals surface area contributed by atoms with Crippen LogP contribution < -0.4 is 5.32 Å². The zero-order valence-corrected chi connectivity index (χ0v) is 11.3. The van der Waals surface area contributed by atoms with Crippen molar-refractivity contribution in [3.05, 3.63) is 39.4 Å². The Balaban J connectivity index is 1.87. The van der Waals surface area contributed by atoms with Gasteiger partial charge in [0.15, 0.2) is 0 Å². The van der Waals surface area contributed by atoms with E-state index >= 15 is 0 Å². The van der Waals surface area contributed by atoms with Gasteiger partial charge in [0.05, 0.1) is 15.7 Å². The fourth-order valence-electron chi connectivity index (χ4n) is 1.27. The van der Waals surface area contributed by atoms with Crippen molar-refractivity contribution >= 4 is 39.0 Å². The minimum atomic E-state index is -0.0580. The molecule has 0 aliphatic heterocycles. The van der Waals surface area contributed by atoms with E-state index in [0.29, 0.717) is 18.7 Å². The van der Waals surface area contributed by atoms with Gasteiger partial charge in [-0.05, 0) is 34.5 Å². The summed E-state index contributed by atoms with van der Waals surface area (Å²) >= 11 is 4.86. The smallest absolute Gasteiger partial charge is 0.225 e. The van der Waals surface area contributed by atoms with Crippen LogP contribution in [0.5, 0.6) is 0 Å². The first-order chi connectivity index (χ1) is 8.25. The lowest BCUT2D eigenvalue weighted by molar-refractivity contribution is -0.116. The molecule has 6 heteroatoms. The lowest BCUT2D eigenvalue weighted by atomic mass is 10.2. The fourth-order valence-corrected chi connectivity index (χ4v) is 2.22. The number of carbonyl (C=O) groups excluding carboxylic acids is 1. The van der Waals surface area contributed by atoms with Crippen LogP contribution >= 0.6 is 27.3 Å². The minimum Gasteiger partial charge on any atom is -0.310 e. The molecule has 2 aromatic rings. The number of nitrogens with one attached hydrogen (secondary N) is 1. The number of carbonyl (C=O) groups is 1. The highest BCUT2D eigenvalue weighted by atomic mass is 79.9. The third kappa shape index (κ3) is 3.61. The Morgan fingerprint density at radius 1 is 1.47 bits per heavy atom. The highest BCUT2D eigenvalue weighted by Gasteiger charge is 2.07. The van der Waals surface area contributed by atoms with Gasteiger partial charge in [0.25, 0.3) is 0 Å². The Kier molecular flexibility index (Phi) is 4.22. The van der Waals surface area contributed by atoms with Gasteiger partial charge >= 0.3 is 0 Å². The second-order valence-corrected chi connectivity index (χ2v) is 4.93. The molecule has 0 saturated heterocycles. The van der Waals surface area contributed by atoms with Crippen LogP contribution in [-0.2, 0) is 11.2 Å². The molecule has 4 nitrogen and oxygen atoms in total. The van der Waals surface area contributed by atoms with E-state index < -0.39 is 0 Å². The monoisotopic (exact) mass is 311 g/mol. The van der Waals surface area contributed by atoms with Crippen LogP contribution in [0.25, 0.3) is 0 Å². The molecule has 0 fully saturated rings. The summed E-state index contributed by atoms with van der Waals surface area (Å²) in [5.41, 5.74) is 2.72. The largest absolute Gasteiger partial charge is 0.310 e. The number of amides is 1. The van der Waals surface area contributed by atoms with Gasteiger partial charge in [-0.25, -0.2) is 9.97 Å². The van der Waals surface area contributed by atoms with E-state index in [1.54, 1.807) is 17.8 Å². The standard InChI is InChI=1S/C11H10BrN3OS/c12-9-2-1-5-13-11(9)15-10(16)4-3-8-6-17-7-14-8/h1-2,5-7H,3-4H2,(H,13,15,16). The van der Waals surface area contributed by atoms with E-state index in [4.69, 9.17) is 0 Å². The quantitative estimate of drug-likeness (QED) is 0.944. The summed E-state index contributed by atoms with van der Waals surface area (Å²) in [6, 6.07) is 3.64. The molecule has 0 unspecified atom stereocenters. The Morgan fingerprint density at radius 2 is 2.35 bits per heavy atom. The van der Waals surface area contributed by atoms with Crippen LogP contribution in [-0.4, -0.2) is 15.9 Å². The molecule has 1 amide bonds. The molecule has 0 aliphatic rings. The minimum absolute atomic E-state index is 0.0580. The molecule has 0 saturated carbocycles. The second-order valence-electron chi connectivity index (χ2n) is 3.36. The number of nitrogens with zero attached hydrogens (tertiary/aromatic N) is 2. The maximum absolute atomic E-state index is 11.7. The Bertz CT molecular complexity index is 501. The van der Waals surface area contributed by atoms with E-state index in [1.807, 2.05) is 11.4 Å². The highest BCUT2D eigenvalue weighted by molar-refractivity contribution is 9.10. The van der Waals surface area contributed by atoms with Crippen LogP contribution in [0.3, 0.4) is 0 Å². The van der Waals surface area contributed by atoms with Gasteiger partial charge in [0.2, 0.25) is 5.91 Å². The van der Waals surface area contributed by atoms with E-state index in [0.717, 1.165) is 10.2 Å². The number of hydrogen-bond acceptors (Lipinski definition) is 4. The topological polar surface area (TPSA) is 54.9 Å². The van der Waals surface area contributed by atoms with Gasteiger partial charge in [0, 0.05) is 18.0 Å². The number of anilines is 1. The first kappa shape index (κ1) is 12.2. The zero-order chi connectivity index (χ0) is 12.1. The van der Waals surface area contributed by atoms with Gasteiger partial charge in [-0.15, -0.1) is 11.3 Å². The highest BCUT2D eigenvalue weighted by Crippen LogP contribution is 2.18. The number of hydrogen-bond donors (Lipinski definition) is 1. The van der Waals surface area contributed by atoms with Crippen molar-refractivity contribution in [1.29, 1.82) is 0 Å². The summed E-state index contributed by atoms with van der Waals surface area (Å²) in [5.74, 6) is 0.494. The third-order valence-electron chi connectivity index (χ3n) is 2.11. The summed E-state index contributed by atoms with van der Waals surface area (Å²) in [4.78, 5) is 19.9. The molecule has 0 aromatic carbocycles. The molecule has 1 N–H and O–H groups in total. The predicted octanol–water partition coefficient (Wildman–Crippen LogP) is 2.87. The first-order valence-electron chi connectivity index (χ1n) is 5.03. The van der Waals surface area contributed by atoms with Crippen molar-refractivity contribution in [1.82, 2.24) is 9.97 Å². The van der Waals surface area contributed by atoms with Crippen LogP contribution in [0.2, 0.25) is 0 Å². The molecule has 2 heterocycles. The number of aryl methyl sites for hydroxylation is 1. The van der Waals surface area contributed by atoms with E-state index in [2.05, 4.69) is 31.2 Å². The van der Waals surface area contributed by atoms with E-state index in [-0.39, 0.29) is 5.91 Å². The number of aromatic nitrogens is 2. The molecule has 0 radical (unpaired) electrons. The average Bonchev–Trinajstić information content (AvgIpc) is 2.82. The fraction of sp³-hybridized carbons (Fsp3) is 0.182. The summed E-state index contributed by atoms with van der Waals surface area (Å²) in [6.45, 7) is 0. The van der Waals surface area contributed by atoms with Crippen molar-refractivity contribution < 1.29 is 4.79 Å². The summed E-state index contributed by atoms with van der Waals surface area (Å²) in [5, 5.41) is 4.70. The molecule has 0 bridgehead atoms. The lowest BCUT2D eigenvalue weighted by Gasteiger charge is -2.04. The molecule has 88 valence electrons.